The van der Waals surface area contributed by atoms with Crippen molar-refractivity contribution in [2.75, 3.05) is 19.7 Å². The van der Waals surface area contributed by atoms with E-state index in [4.69, 9.17) is 4.74 Å². The second-order valence-electron chi connectivity index (χ2n) is 5.97. The van der Waals surface area contributed by atoms with Crippen LogP contribution >= 0.6 is 15.9 Å². The van der Waals surface area contributed by atoms with Gasteiger partial charge in [0.2, 0.25) is 0 Å². The summed E-state index contributed by atoms with van der Waals surface area (Å²) in [6.07, 6.45) is 1.20. The Bertz CT molecular complexity index is 479. The molecule has 1 aromatic carbocycles. The van der Waals surface area contributed by atoms with Gasteiger partial charge in [0, 0.05) is 13.1 Å². The average molecular weight is 340 g/mol. The fourth-order valence-electron chi connectivity index (χ4n) is 2.82. The van der Waals surface area contributed by atoms with Crippen LogP contribution in [0.4, 0.5) is 0 Å². The van der Waals surface area contributed by atoms with E-state index in [2.05, 4.69) is 29.8 Å². The molecule has 20 heavy (non-hydrogen) atoms. The molecule has 0 radical (unpaired) electrons. The number of ether oxygens (including phenoxy) is 1. The molecule has 0 aliphatic carbocycles. The lowest BCUT2D eigenvalue weighted by atomic mass is 9.92. The Hall–Kier alpha value is -1.03. The summed E-state index contributed by atoms with van der Waals surface area (Å²) in [5.41, 5.74) is 1.16. The van der Waals surface area contributed by atoms with Gasteiger partial charge in [0.25, 0.3) is 5.91 Å². The van der Waals surface area contributed by atoms with Crippen molar-refractivity contribution in [3.05, 3.63) is 28.2 Å². The van der Waals surface area contributed by atoms with Gasteiger partial charge in [-0.3, -0.25) is 4.79 Å². The molecule has 1 fully saturated rings. The van der Waals surface area contributed by atoms with Crippen molar-refractivity contribution >= 4 is 21.8 Å². The number of rotatable bonds is 3. The number of benzene rings is 1. The van der Waals surface area contributed by atoms with E-state index in [0.29, 0.717) is 11.8 Å². The van der Waals surface area contributed by atoms with E-state index in [1.54, 1.807) is 0 Å². The summed E-state index contributed by atoms with van der Waals surface area (Å²) in [7, 11) is 0. The van der Waals surface area contributed by atoms with E-state index in [0.717, 1.165) is 28.9 Å². The molecule has 1 saturated heterocycles. The zero-order valence-electron chi connectivity index (χ0n) is 12.4. The van der Waals surface area contributed by atoms with Gasteiger partial charge in [-0.25, -0.2) is 0 Å². The Morgan fingerprint density at radius 2 is 2.00 bits per heavy atom. The van der Waals surface area contributed by atoms with Gasteiger partial charge >= 0.3 is 0 Å². The Kier molecular flexibility index (Phi) is 5.08. The zero-order valence-corrected chi connectivity index (χ0v) is 13.9. The molecule has 0 spiro atoms. The molecule has 2 rings (SSSR count). The first kappa shape index (κ1) is 15.4. The second kappa shape index (κ2) is 6.61. The predicted molar refractivity (Wildman–Crippen MR) is 83.9 cm³/mol. The maximum absolute atomic E-state index is 12.2. The first-order valence-electron chi connectivity index (χ1n) is 7.12. The molecule has 0 aromatic heterocycles. The van der Waals surface area contributed by atoms with Crippen LogP contribution < -0.4 is 4.74 Å². The predicted octanol–water partition coefficient (Wildman–Crippen LogP) is 3.64. The highest BCUT2D eigenvalue weighted by atomic mass is 79.9. The molecule has 1 amide bonds. The van der Waals surface area contributed by atoms with Crippen molar-refractivity contribution in [1.82, 2.24) is 4.90 Å². The number of piperidine rings is 1. The van der Waals surface area contributed by atoms with Gasteiger partial charge < -0.3 is 9.64 Å². The third-order valence-corrected chi connectivity index (χ3v) is 4.28. The second-order valence-corrected chi connectivity index (χ2v) is 6.82. The van der Waals surface area contributed by atoms with Crippen LogP contribution in [0, 0.1) is 18.8 Å². The number of hydrogen-bond donors (Lipinski definition) is 0. The van der Waals surface area contributed by atoms with E-state index < -0.39 is 0 Å². The first-order valence-corrected chi connectivity index (χ1v) is 7.91. The van der Waals surface area contributed by atoms with Crippen molar-refractivity contribution in [2.45, 2.75) is 27.2 Å². The van der Waals surface area contributed by atoms with Crippen LogP contribution in [0.3, 0.4) is 0 Å². The highest BCUT2D eigenvalue weighted by Gasteiger charge is 2.25. The van der Waals surface area contributed by atoms with Crippen LogP contribution in [0.15, 0.2) is 22.7 Å². The van der Waals surface area contributed by atoms with Crippen LogP contribution in [-0.2, 0) is 4.79 Å². The SMILES string of the molecule is Cc1ccc(OCC(=O)N2CC(C)CC(C)C2)c(Br)c1. The van der Waals surface area contributed by atoms with Gasteiger partial charge in [-0.1, -0.05) is 19.9 Å². The van der Waals surface area contributed by atoms with Crippen molar-refractivity contribution in [1.29, 1.82) is 0 Å². The van der Waals surface area contributed by atoms with Gasteiger partial charge in [0.05, 0.1) is 4.47 Å². The van der Waals surface area contributed by atoms with Crippen LogP contribution in [0.1, 0.15) is 25.8 Å². The van der Waals surface area contributed by atoms with Crippen molar-refractivity contribution in [2.24, 2.45) is 11.8 Å². The Labute approximate surface area is 129 Å². The van der Waals surface area contributed by atoms with E-state index >= 15 is 0 Å². The summed E-state index contributed by atoms with van der Waals surface area (Å²) < 4.78 is 6.53. The molecule has 2 unspecified atom stereocenters. The van der Waals surface area contributed by atoms with Gasteiger partial charge in [-0.15, -0.1) is 0 Å². The van der Waals surface area contributed by atoms with Crippen LogP contribution in [0.2, 0.25) is 0 Å². The van der Waals surface area contributed by atoms with Gasteiger partial charge in [0.1, 0.15) is 5.75 Å². The van der Waals surface area contributed by atoms with E-state index in [1.165, 1.54) is 6.42 Å². The lowest BCUT2D eigenvalue weighted by molar-refractivity contribution is -0.136. The summed E-state index contributed by atoms with van der Waals surface area (Å²) in [6.45, 7) is 8.24. The smallest absolute Gasteiger partial charge is 0.260 e. The molecule has 0 N–H and O–H groups in total. The van der Waals surface area contributed by atoms with Gasteiger partial charge in [-0.2, -0.15) is 0 Å². The Balaban J connectivity index is 1.91. The molecule has 2 atom stereocenters. The molecule has 1 aliphatic rings. The quantitative estimate of drug-likeness (QED) is 0.841. The topological polar surface area (TPSA) is 29.5 Å². The lowest BCUT2D eigenvalue weighted by Gasteiger charge is -2.34. The van der Waals surface area contributed by atoms with Crippen LogP contribution in [0.25, 0.3) is 0 Å². The fraction of sp³-hybridized carbons (Fsp3) is 0.562. The highest BCUT2D eigenvalue weighted by Crippen LogP contribution is 2.26. The Morgan fingerprint density at radius 3 is 2.60 bits per heavy atom. The van der Waals surface area contributed by atoms with Crippen molar-refractivity contribution in [3.63, 3.8) is 0 Å². The minimum atomic E-state index is 0.0795. The monoisotopic (exact) mass is 339 g/mol. The summed E-state index contributed by atoms with van der Waals surface area (Å²) in [5, 5.41) is 0. The summed E-state index contributed by atoms with van der Waals surface area (Å²) in [5.74, 6) is 1.96. The number of carbonyl (C=O) groups excluding carboxylic acids is 1. The summed E-state index contributed by atoms with van der Waals surface area (Å²) >= 11 is 3.46. The summed E-state index contributed by atoms with van der Waals surface area (Å²) in [6, 6.07) is 5.87. The number of nitrogens with zero attached hydrogens (tertiary/aromatic N) is 1. The third-order valence-electron chi connectivity index (χ3n) is 3.66. The third kappa shape index (κ3) is 3.98. The average Bonchev–Trinajstić information content (AvgIpc) is 2.36. The standard InChI is InChI=1S/C16H22BrNO2/c1-11-4-5-15(14(17)7-11)20-10-16(19)18-8-12(2)6-13(3)9-18/h4-5,7,12-13H,6,8-10H2,1-3H3. The minimum absolute atomic E-state index is 0.0795. The number of carbonyl (C=O) groups is 1. The van der Waals surface area contributed by atoms with E-state index in [-0.39, 0.29) is 12.5 Å². The molecular weight excluding hydrogens is 318 g/mol. The number of halogens is 1. The molecule has 0 bridgehead atoms. The van der Waals surface area contributed by atoms with Gasteiger partial charge in [0.15, 0.2) is 6.61 Å². The van der Waals surface area contributed by atoms with Crippen LogP contribution in [-0.4, -0.2) is 30.5 Å². The number of hydrogen-bond acceptors (Lipinski definition) is 2. The van der Waals surface area contributed by atoms with E-state index in [9.17, 15) is 4.79 Å². The molecule has 1 aromatic rings. The molecule has 1 heterocycles. The Morgan fingerprint density at radius 1 is 1.35 bits per heavy atom. The molecule has 0 saturated carbocycles. The summed E-state index contributed by atoms with van der Waals surface area (Å²) in [4.78, 5) is 14.2. The van der Waals surface area contributed by atoms with Gasteiger partial charge in [-0.05, 0) is 58.8 Å². The number of likely N-dealkylation sites (tertiary alicyclic amines) is 1. The van der Waals surface area contributed by atoms with Crippen LogP contribution in [0.5, 0.6) is 5.75 Å². The number of amides is 1. The van der Waals surface area contributed by atoms with Crippen molar-refractivity contribution in [3.8, 4) is 5.75 Å². The highest BCUT2D eigenvalue weighted by molar-refractivity contribution is 9.10. The van der Waals surface area contributed by atoms with Crippen molar-refractivity contribution < 1.29 is 9.53 Å². The minimum Gasteiger partial charge on any atom is -0.483 e. The largest absolute Gasteiger partial charge is 0.483 e. The molecule has 3 nitrogen and oxygen atoms in total. The lowest BCUT2D eigenvalue weighted by Crippen LogP contribution is -2.44. The molecule has 1 aliphatic heterocycles. The maximum atomic E-state index is 12.2. The fourth-order valence-corrected chi connectivity index (χ4v) is 3.43. The maximum Gasteiger partial charge on any atom is 0.260 e. The molecule has 110 valence electrons. The number of aryl methyl sites for hydroxylation is 1. The zero-order chi connectivity index (χ0) is 14.7. The normalized spacial score (nSPS) is 22.7. The molecule has 4 heteroatoms. The first-order chi connectivity index (χ1) is 9.45. The molecular formula is C16H22BrNO2. The van der Waals surface area contributed by atoms with E-state index in [1.807, 2.05) is 30.0 Å².